The Hall–Kier alpha value is -1.36. The van der Waals surface area contributed by atoms with Crippen LogP contribution >= 0.6 is 0 Å². The smallest absolute Gasteiger partial charge is 0.317 e. The van der Waals surface area contributed by atoms with Gasteiger partial charge in [0.15, 0.2) is 0 Å². The third-order valence-electron chi connectivity index (χ3n) is 2.88. The zero-order chi connectivity index (χ0) is 11.5. The SMILES string of the molecule is Cn1nccc1CN(CC(=O)O)CC1CC1. The van der Waals surface area contributed by atoms with Gasteiger partial charge < -0.3 is 5.11 Å². The lowest BCUT2D eigenvalue weighted by Crippen LogP contribution is -2.31. The predicted octanol–water partition coefficient (Wildman–Crippen LogP) is 0.717. The molecular weight excluding hydrogens is 206 g/mol. The third kappa shape index (κ3) is 3.06. The van der Waals surface area contributed by atoms with Crippen molar-refractivity contribution >= 4 is 5.97 Å². The van der Waals surface area contributed by atoms with Gasteiger partial charge in [0, 0.05) is 26.3 Å². The lowest BCUT2D eigenvalue weighted by Gasteiger charge is -2.19. The highest BCUT2D eigenvalue weighted by Gasteiger charge is 2.25. The number of rotatable bonds is 6. The quantitative estimate of drug-likeness (QED) is 0.772. The lowest BCUT2D eigenvalue weighted by atomic mass is 10.3. The molecule has 1 heterocycles. The van der Waals surface area contributed by atoms with Gasteiger partial charge in [0.1, 0.15) is 0 Å². The standard InChI is InChI=1S/C11H17N3O2/c1-13-10(4-5-12-13)7-14(8-11(15)16)6-9-2-3-9/h4-5,9H,2-3,6-8H2,1H3,(H,15,16). The molecule has 0 radical (unpaired) electrons. The molecule has 0 atom stereocenters. The van der Waals surface area contributed by atoms with Gasteiger partial charge in [-0.15, -0.1) is 0 Å². The van der Waals surface area contributed by atoms with Crippen LogP contribution < -0.4 is 0 Å². The molecule has 5 heteroatoms. The molecule has 2 rings (SSSR count). The number of hydrogen-bond donors (Lipinski definition) is 1. The molecule has 0 aromatic carbocycles. The Morgan fingerprint density at radius 3 is 2.94 bits per heavy atom. The number of aromatic nitrogens is 2. The first-order valence-electron chi connectivity index (χ1n) is 5.56. The minimum atomic E-state index is -0.761. The minimum absolute atomic E-state index is 0.113. The summed E-state index contributed by atoms with van der Waals surface area (Å²) in [6.07, 6.45) is 4.22. The summed E-state index contributed by atoms with van der Waals surface area (Å²) >= 11 is 0. The molecule has 1 aliphatic rings. The van der Waals surface area contributed by atoms with E-state index in [1.807, 2.05) is 18.0 Å². The summed E-state index contributed by atoms with van der Waals surface area (Å²) in [6, 6.07) is 1.93. The largest absolute Gasteiger partial charge is 0.480 e. The molecule has 1 aromatic heterocycles. The number of aliphatic carboxylic acids is 1. The maximum absolute atomic E-state index is 10.8. The predicted molar refractivity (Wildman–Crippen MR) is 58.8 cm³/mol. The van der Waals surface area contributed by atoms with Gasteiger partial charge >= 0.3 is 5.97 Å². The number of carbonyl (C=O) groups is 1. The van der Waals surface area contributed by atoms with Crippen LogP contribution in [0.4, 0.5) is 0 Å². The second-order valence-electron chi connectivity index (χ2n) is 4.45. The Bertz CT molecular complexity index is 371. The Labute approximate surface area is 94.7 Å². The van der Waals surface area contributed by atoms with Crippen molar-refractivity contribution in [3.63, 3.8) is 0 Å². The van der Waals surface area contributed by atoms with Gasteiger partial charge in [-0.2, -0.15) is 5.10 Å². The molecule has 0 saturated heterocycles. The van der Waals surface area contributed by atoms with Crippen LogP contribution in [0.3, 0.4) is 0 Å². The molecule has 1 N–H and O–H groups in total. The van der Waals surface area contributed by atoms with E-state index in [2.05, 4.69) is 5.10 Å². The molecule has 0 aliphatic heterocycles. The number of carboxylic acids is 1. The Morgan fingerprint density at radius 2 is 2.44 bits per heavy atom. The summed E-state index contributed by atoms with van der Waals surface area (Å²) < 4.78 is 1.79. The Kier molecular flexibility index (Phi) is 3.24. The van der Waals surface area contributed by atoms with Crippen molar-refractivity contribution in [1.29, 1.82) is 0 Å². The molecule has 88 valence electrons. The van der Waals surface area contributed by atoms with Crippen LogP contribution in [-0.2, 0) is 18.4 Å². The molecule has 0 unspecified atom stereocenters. The van der Waals surface area contributed by atoms with Crippen LogP contribution in [0, 0.1) is 5.92 Å². The van der Waals surface area contributed by atoms with Crippen molar-refractivity contribution in [1.82, 2.24) is 14.7 Å². The fraction of sp³-hybridized carbons (Fsp3) is 0.636. The van der Waals surface area contributed by atoms with E-state index < -0.39 is 5.97 Å². The van der Waals surface area contributed by atoms with E-state index in [9.17, 15) is 4.79 Å². The molecule has 16 heavy (non-hydrogen) atoms. The number of aryl methyl sites for hydroxylation is 1. The van der Waals surface area contributed by atoms with E-state index in [1.54, 1.807) is 10.9 Å². The zero-order valence-corrected chi connectivity index (χ0v) is 9.46. The highest BCUT2D eigenvalue weighted by Crippen LogP contribution is 2.30. The summed E-state index contributed by atoms with van der Waals surface area (Å²) in [5.74, 6) is -0.0598. The van der Waals surface area contributed by atoms with E-state index in [0.29, 0.717) is 12.5 Å². The molecule has 0 spiro atoms. The first-order valence-corrected chi connectivity index (χ1v) is 5.56. The molecule has 1 aromatic rings. The van der Waals surface area contributed by atoms with Crippen LogP contribution in [0.2, 0.25) is 0 Å². The second kappa shape index (κ2) is 4.65. The van der Waals surface area contributed by atoms with E-state index >= 15 is 0 Å². The van der Waals surface area contributed by atoms with Crippen molar-refractivity contribution in [2.24, 2.45) is 13.0 Å². The first kappa shape index (κ1) is 11.1. The Morgan fingerprint density at radius 1 is 1.69 bits per heavy atom. The molecule has 1 aliphatic carbocycles. The normalized spacial score (nSPS) is 15.6. The van der Waals surface area contributed by atoms with Gasteiger partial charge in [-0.1, -0.05) is 0 Å². The number of nitrogens with zero attached hydrogens (tertiary/aromatic N) is 3. The highest BCUT2D eigenvalue weighted by molar-refractivity contribution is 5.69. The van der Waals surface area contributed by atoms with Crippen LogP contribution in [0.15, 0.2) is 12.3 Å². The number of hydrogen-bond acceptors (Lipinski definition) is 3. The minimum Gasteiger partial charge on any atom is -0.480 e. The lowest BCUT2D eigenvalue weighted by molar-refractivity contribution is -0.138. The molecule has 1 saturated carbocycles. The molecule has 0 amide bonds. The van der Waals surface area contributed by atoms with Crippen molar-refractivity contribution in [2.45, 2.75) is 19.4 Å². The summed E-state index contributed by atoms with van der Waals surface area (Å²) in [7, 11) is 1.88. The Balaban J connectivity index is 1.94. The van der Waals surface area contributed by atoms with Gasteiger partial charge in [0.05, 0.1) is 12.2 Å². The summed E-state index contributed by atoms with van der Waals surface area (Å²) in [6.45, 7) is 1.67. The third-order valence-corrected chi connectivity index (χ3v) is 2.88. The van der Waals surface area contributed by atoms with Crippen molar-refractivity contribution in [2.75, 3.05) is 13.1 Å². The summed E-state index contributed by atoms with van der Waals surface area (Å²) in [5, 5.41) is 12.9. The van der Waals surface area contributed by atoms with E-state index in [0.717, 1.165) is 12.2 Å². The second-order valence-corrected chi connectivity index (χ2v) is 4.45. The number of carboxylic acid groups (broad SMARTS) is 1. The van der Waals surface area contributed by atoms with Gasteiger partial charge in [-0.3, -0.25) is 14.4 Å². The fourth-order valence-corrected chi connectivity index (χ4v) is 1.83. The van der Waals surface area contributed by atoms with E-state index in [-0.39, 0.29) is 6.54 Å². The summed E-state index contributed by atoms with van der Waals surface area (Å²) in [4.78, 5) is 12.7. The van der Waals surface area contributed by atoms with Gasteiger partial charge in [-0.05, 0) is 24.8 Å². The average Bonchev–Trinajstić information content (AvgIpc) is 2.91. The topological polar surface area (TPSA) is 58.4 Å². The van der Waals surface area contributed by atoms with E-state index in [1.165, 1.54) is 12.8 Å². The van der Waals surface area contributed by atoms with Crippen LogP contribution in [0.5, 0.6) is 0 Å². The first-order chi connectivity index (χ1) is 7.65. The maximum atomic E-state index is 10.8. The summed E-state index contributed by atoms with van der Waals surface area (Å²) in [5.41, 5.74) is 1.06. The van der Waals surface area contributed by atoms with Crippen molar-refractivity contribution < 1.29 is 9.90 Å². The average molecular weight is 223 g/mol. The van der Waals surface area contributed by atoms with Crippen LogP contribution in [0.25, 0.3) is 0 Å². The molecule has 1 fully saturated rings. The van der Waals surface area contributed by atoms with Gasteiger partial charge in [-0.25, -0.2) is 0 Å². The van der Waals surface area contributed by atoms with E-state index in [4.69, 9.17) is 5.11 Å². The monoisotopic (exact) mass is 223 g/mol. The van der Waals surface area contributed by atoms with Crippen LogP contribution in [-0.4, -0.2) is 38.8 Å². The molecule has 5 nitrogen and oxygen atoms in total. The maximum Gasteiger partial charge on any atom is 0.317 e. The van der Waals surface area contributed by atoms with Crippen LogP contribution in [0.1, 0.15) is 18.5 Å². The zero-order valence-electron chi connectivity index (χ0n) is 9.46. The van der Waals surface area contributed by atoms with Gasteiger partial charge in [0.25, 0.3) is 0 Å². The van der Waals surface area contributed by atoms with Crippen molar-refractivity contribution in [3.8, 4) is 0 Å². The molecule has 0 bridgehead atoms. The highest BCUT2D eigenvalue weighted by atomic mass is 16.4. The fourth-order valence-electron chi connectivity index (χ4n) is 1.83. The van der Waals surface area contributed by atoms with Crippen molar-refractivity contribution in [3.05, 3.63) is 18.0 Å². The molecular formula is C11H17N3O2. The van der Waals surface area contributed by atoms with Gasteiger partial charge in [0.2, 0.25) is 0 Å².